The van der Waals surface area contributed by atoms with E-state index < -0.39 is 36.2 Å². The highest BCUT2D eigenvalue weighted by molar-refractivity contribution is 5.92. The third-order valence-corrected chi connectivity index (χ3v) is 4.81. The molecule has 26 heavy (non-hydrogen) atoms. The standard InChI is InChI=1S/C20H26O6/c1-11-5-6-15(22)13(3)10-17-18(14(4)20(24)26-17)16(9-11)25-19(23)12(2)7-8-21/h5,7,10,15-18,21-22H,4,6,8-9H2,1-3H3/b11-5+,12-7+,13-10-/t15-,16+,17-,18+/m0/s1. The van der Waals surface area contributed by atoms with Crippen LogP contribution in [0.1, 0.15) is 33.6 Å². The number of esters is 2. The molecule has 2 rings (SSSR count). The summed E-state index contributed by atoms with van der Waals surface area (Å²) in [5, 5.41) is 19.2. The van der Waals surface area contributed by atoms with Gasteiger partial charge in [0.15, 0.2) is 0 Å². The van der Waals surface area contributed by atoms with Crippen molar-refractivity contribution in [2.45, 2.75) is 51.9 Å². The van der Waals surface area contributed by atoms with Gasteiger partial charge in [0.2, 0.25) is 0 Å². The van der Waals surface area contributed by atoms with Crippen molar-refractivity contribution in [3.8, 4) is 0 Å². The predicted octanol–water partition coefficient (Wildman–Crippen LogP) is 1.98. The lowest BCUT2D eigenvalue weighted by atomic mass is 9.85. The molecule has 0 saturated carbocycles. The van der Waals surface area contributed by atoms with Gasteiger partial charge in [-0.3, -0.25) is 0 Å². The molecule has 4 atom stereocenters. The van der Waals surface area contributed by atoms with Gasteiger partial charge < -0.3 is 19.7 Å². The van der Waals surface area contributed by atoms with E-state index in [4.69, 9.17) is 14.6 Å². The molecule has 0 amide bonds. The minimum Gasteiger partial charge on any atom is -0.458 e. The molecule has 1 aliphatic carbocycles. The maximum atomic E-state index is 12.3. The van der Waals surface area contributed by atoms with Crippen molar-refractivity contribution in [3.63, 3.8) is 0 Å². The molecule has 2 aliphatic rings. The molecule has 0 aromatic heterocycles. The highest BCUT2D eigenvalue weighted by Crippen LogP contribution is 2.36. The van der Waals surface area contributed by atoms with Crippen LogP contribution in [-0.2, 0) is 19.1 Å². The second-order valence-corrected chi connectivity index (χ2v) is 6.85. The molecule has 0 radical (unpaired) electrons. The molecular weight excluding hydrogens is 336 g/mol. The van der Waals surface area contributed by atoms with E-state index in [2.05, 4.69) is 6.58 Å². The van der Waals surface area contributed by atoms with Crippen LogP contribution in [0.25, 0.3) is 0 Å². The molecule has 0 aromatic rings. The molecule has 1 fully saturated rings. The lowest BCUT2D eigenvalue weighted by Gasteiger charge is -2.28. The van der Waals surface area contributed by atoms with Crippen LogP contribution in [0.2, 0.25) is 0 Å². The van der Waals surface area contributed by atoms with Gasteiger partial charge >= 0.3 is 11.9 Å². The summed E-state index contributed by atoms with van der Waals surface area (Å²) in [5.41, 5.74) is 2.17. The number of ether oxygens (including phenoxy) is 2. The van der Waals surface area contributed by atoms with Gasteiger partial charge in [-0.15, -0.1) is 0 Å². The Bertz CT molecular complexity index is 684. The van der Waals surface area contributed by atoms with E-state index in [1.54, 1.807) is 19.9 Å². The Morgan fingerprint density at radius 2 is 2.15 bits per heavy atom. The van der Waals surface area contributed by atoms with Gasteiger partial charge in [0.05, 0.1) is 18.6 Å². The van der Waals surface area contributed by atoms with E-state index in [0.717, 1.165) is 5.57 Å². The van der Waals surface area contributed by atoms with Crippen molar-refractivity contribution in [2.75, 3.05) is 6.61 Å². The van der Waals surface area contributed by atoms with Gasteiger partial charge in [-0.1, -0.05) is 18.2 Å². The minimum absolute atomic E-state index is 0.253. The molecular formula is C20H26O6. The number of hydrogen-bond donors (Lipinski definition) is 2. The molecule has 1 saturated heterocycles. The van der Waals surface area contributed by atoms with Crippen LogP contribution in [0.15, 0.2) is 47.1 Å². The molecule has 0 spiro atoms. The Morgan fingerprint density at radius 1 is 1.46 bits per heavy atom. The van der Waals surface area contributed by atoms with Gasteiger partial charge in [-0.25, -0.2) is 9.59 Å². The molecule has 6 nitrogen and oxygen atoms in total. The summed E-state index contributed by atoms with van der Waals surface area (Å²) >= 11 is 0. The van der Waals surface area contributed by atoms with Crippen LogP contribution in [0.5, 0.6) is 0 Å². The van der Waals surface area contributed by atoms with Crippen molar-refractivity contribution >= 4 is 11.9 Å². The Hall–Kier alpha value is -2.18. The number of hydrogen-bond acceptors (Lipinski definition) is 6. The smallest absolute Gasteiger partial charge is 0.334 e. The van der Waals surface area contributed by atoms with E-state index in [1.165, 1.54) is 6.08 Å². The highest BCUT2D eigenvalue weighted by Gasteiger charge is 2.44. The third kappa shape index (κ3) is 4.51. The van der Waals surface area contributed by atoms with E-state index in [0.29, 0.717) is 24.0 Å². The zero-order valence-corrected chi connectivity index (χ0v) is 15.4. The quantitative estimate of drug-likeness (QED) is 0.453. The zero-order valence-electron chi connectivity index (χ0n) is 15.4. The fourth-order valence-electron chi connectivity index (χ4n) is 3.14. The zero-order chi connectivity index (χ0) is 19.4. The monoisotopic (exact) mass is 362 g/mol. The van der Waals surface area contributed by atoms with Crippen molar-refractivity contribution in [3.05, 3.63) is 47.1 Å². The topological polar surface area (TPSA) is 93.1 Å². The summed E-state index contributed by atoms with van der Waals surface area (Å²) in [6.45, 7) is 8.79. The SMILES string of the molecule is C=C1C(=O)O[C@H]2/C=C(/C)[C@@H](O)C/C=C(\C)C[C@@H](OC(=O)/C(C)=C/CO)[C@@H]12. The van der Waals surface area contributed by atoms with Crippen molar-refractivity contribution in [2.24, 2.45) is 5.92 Å². The summed E-state index contributed by atoms with van der Waals surface area (Å²) in [7, 11) is 0. The predicted molar refractivity (Wildman–Crippen MR) is 96.0 cm³/mol. The van der Waals surface area contributed by atoms with Crippen LogP contribution in [-0.4, -0.2) is 47.1 Å². The number of rotatable bonds is 3. The fourth-order valence-corrected chi connectivity index (χ4v) is 3.14. The first-order chi connectivity index (χ1) is 12.2. The summed E-state index contributed by atoms with van der Waals surface area (Å²) in [6, 6.07) is 0. The maximum absolute atomic E-state index is 12.3. The summed E-state index contributed by atoms with van der Waals surface area (Å²) in [6.07, 6.45) is 3.87. The van der Waals surface area contributed by atoms with Crippen molar-refractivity contribution < 1.29 is 29.3 Å². The van der Waals surface area contributed by atoms with E-state index >= 15 is 0 Å². The number of aliphatic hydroxyl groups is 2. The first kappa shape index (κ1) is 20.1. The van der Waals surface area contributed by atoms with Crippen LogP contribution in [0, 0.1) is 5.92 Å². The second-order valence-electron chi connectivity index (χ2n) is 6.85. The first-order valence-electron chi connectivity index (χ1n) is 8.65. The molecule has 0 unspecified atom stereocenters. The normalized spacial score (nSPS) is 34.1. The van der Waals surface area contributed by atoms with E-state index in [1.807, 2.05) is 13.0 Å². The lowest BCUT2D eigenvalue weighted by molar-refractivity contribution is -0.147. The molecule has 0 bridgehead atoms. The average Bonchev–Trinajstić information content (AvgIpc) is 2.85. The molecule has 1 heterocycles. The Labute approximate surface area is 153 Å². The number of aliphatic hydroxyl groups excluding tert-OH is 2. The van der Waals surface area contributed by atoms with E-state index in [-0.39, 0.29) is 12.2 Å². The Kier molecular flexibility index (Phi) is 6.56. The second kappa shape index (κ2) is 8.47. The molecule has 142 valence electrons. The van der Waals surface area contributed by atoms with Crippen molar-refractivity contribution in [1.29, 1.82) is 0 Å². The minimum atomic E-state index is -0.660. The van der Waals surface area contributed by atoms with E-state index in [9.17, 15) is 14.7 Å². The van der Waals surface area contributed by atoms with Gasteiger partial charge in [-0.05, 0) is 44.9 Å². The van der Waals surface area contributed by atoms with Crippen LogP contribution < -0.4 is 0 Å². The average molecular weight is 362 g/mol. The third-order valence-electron chi connectivity index (χ3n) is 4.81. The number of carbonyl (C=O) groups is 2. The number of carbonyl (C=O) groups excluding carboxylic acids is 2. The van der Waals surface area contributed by atoms with Gasteiger partial charge in [0.1, 0.15) is 12.2 Å². The Morgan fingerprint density at radius 3 is 2.81 bits per heavy atom. The Balaban J connectivity index is 2.39. The van der Waals surface area contributed by atoms with Crippen LogP contribution in [0.3, 0.4) is 0 Å². The van der Waals surface area contributed by atoms with Crippen molar-refractivity contribution in [1.82, 2.24) is 0 Å². The fraction of sp³-hybridized carbons (Fsp3) is 0.500. The first-order valence-corrected chi connectivity index (χ1v) is 8.65. The maximum Gasteiger partial charge on any atom is 0.334 e. The van der Waals surface area contributed by atoms with Crippen LogP contribution >= 0.6 is 0 Å². The lowest BCUT2D eigenvalue weighted by Crippen LogP contribution is -2.34. The summed E-state index contributed by atoms with van der Waals surface area (Å²) < 4.78 is 11.1. The molecule has 2 N–H and O–H groups in total. The molecule has 0 aromatic carbocycles. The summed E-state index contributed by atoms with van der Waals surface area (Å²) in [5.74, 6) is -1.61. The van der Waals surface area contributed by atoms with Gasteiger partial charge in [-0.2, -0.15) is 0 Å². The van der Waals surface area contributed by atoms with Crippen LogP contribution in [0.4, 0.5) is 0 Å². The molecule has 6 heteroatoms. The van der Waals surface area contributed by atoms with Gasteiger partial charge in [0, 0.05) is 17.6 Å². The highest BCUT2D eigenvalue weighted by atomic mass is 16.6. The summed E-state index contributed by atoms with van der Waals surface area (Å²) in [4.78, 5) is 24.4. The van der Waals surface area contributed by atoms with Gasteiger partial charge in [0.25, 0.3) is 0 Å². The number of fused-ring (bicyclic) bond motifs is 1. The largest absolute Gasteiger partial charge is 0.458 e. The molecule has 1 aliphatic heterocycles.